The molecule has 16 heavy (non-hydrogen) atoms. The normalized spacial score (nSPS) is 17.3. The molecule has 0 spiro atoms. The van der Waals surface area contributed by atoms with Gasteiger partial charge in [-0.1, -0.05) is 6.07 Å². The van der Waals surface area contributed by atoms with E-state index in [1.165, 1.54) is 18.9 Å². The van der Waals surface area contributed by atoms with Gasteiger partial charge in [0.2, 0.25) is 5.75 Å². The van der Waals surface area contributed by atoms with E-state index in [1.807, 2.05) is 0 Å². The molecule has 1 saturated carbocycles. The Kier molecular flexibility index (Phi) is 2.92. The Morgan fingerprint density at radius 2 is 1.94 bits per heavy atom. The van der Waals surface area contributed by atoms with Crippen LogP contribution in [-0.4, -0.2) is 21.4 Å². The number of phenolic OH excluding ortho intramolecular Hbond substituents is 3. The molecule has 0 aliphatic heterocycles. The Morgan fingerprint density at radius 1 is 1.25 bits per heavy atom. The van der Waals surface area contributed by atoms with Crippen molar-refractivity contribution in [3.63, 3.8) is 0 Å². The highest BCUT2D eigenvalue weighted by molar-refractivity contribution is 5.52. The van der Waals surface area contributed by atoms with Crippen molar-refractivity contribution in [2.45, 2.75) is 32.4 Å². The van der Waals surface area contributed by atoms with E-state index in [9.17, 15) is 10.2 Å². The third-order valence-corrected chi connectivity index (χ3v) is 3.16. The van der Waals surface area contributed by atoms with Crippen LogP contribution < -0.4 is 5.32 Å². The molecule has 4 heteroatoms. The first-order valence-electron chi connectivity index (χ1n) is 5.55. The van der Waals surface area contributed by atoms with Crippen LogP contribution in [0, 0.1) is 5.92 Å². The summed E-state index contributed by atoms with van der Waals surface area (Å²) in [4.78, 5) is 0. The van der Waals surface area contributed by atoms with Crippen molar-refractivity contribution >= 4 is 0 Å². The van der Waals surface area contributed by atoms with Crippen molar-refractivity contribution < 1.29 is 15.3 Å². The molecule has 1 fully saturated rings. The maximum absolute atomic E-state index is 9.60. The van der Waals surface area contributed by atoms with Crippen LogP contribution in [0.5, 0.6) is 17.2 Å². The fourth-order valence-electron chi connectivity index (χ4n) is 1.79. The minimum atomic E-state index is -0.446. The number of hydrogen-bond donors (Lipinski definition) is 4. The molecule has 0 heterocycles. The molecule has 4 N–H and O–H groups in total. The Labute approximate surface area is 94.5 Å². The summed E-state index contributed by atoms with van der Waals surface area (Å²) < 4.78 is 0. The van der Waals surface area contributed by atoms with Crippen molar-refractivity contribution in [2.24, 2.45) is 5.92 Å². The van der Waals surface area contributed by atoms with Crippen molar-refractivity contribution in [3.8, 4) is 17.2 Å². The predicted molar refractivity (Wildman–Crippen MR) is 60.5 cm³/mol. The van der Waals surface area contributed by atoms with E-state index in [0.29, 0.717) is 18.2 Å². The fraction of sp³-hybridized carbons (Fsp3) is 0.500. The number of rotatable bonds is 4. The zero-order chi connectivity index (χ0) is 11.7. The van der Waals surface area contributed by atoms with Crippen LogP contribution in [0.1, 0.15) is 25.3 Å². The van der Waals surface area contributed by atoms with E-state index in [4.69, 9.17) is 5.11 Å². The molecule has 1 unspecified atom stereocenters. The minimum Gasteiger partial charge on any atom is -0.504 e. The van der Waals surface area contributed by atoms with Gasteiger partial charge in [-0.15, -0.1) is 0 Å². The molecule has 88 valence electrons. The molecule has 0 aromatic heterocycles. The summed E-state index contributed by atoms with van der Waals surface area (Å²) in [5, 5.41) is 31.4. The Balaban J connectivity index is 2.01. The van der Waals surface area contributed by atoms with Gasteiger partial charge in [0.25, 0.3) is 0 Å². The molecule has 1 aliphatic rings. The monoisotopic (exact) mass is 223 g/mol. The third-order valence-electron chi connectivity index (χ3n) is 3.16. The fourth-order valence-corrected chi connectivity index (χ4v) is 1.79. The molecule has 1 aliphatic carbocycles. The van der Waals surface area contributed by atoms with Crippen molar-refractivity contribution in [1.29, 1.82) is 0 Å². The summed E-state index contributed by atoms with van der Waals surface area (Å²) in [5.74, 6) is -0.238. The van der Waals surface area contributed by atoms with E-state index in [-0.39, 0.29) is 11.5 Å². The number of hydrogen-bond acceptors (Lipinski definition) is 4. The first kappa shape index (κ1) is 11.1. The van der Waals surface area contributed by atoms with Crippen LogP contribution in [0.15, 0.2) is 12.1 Å². The molecule has 1 aromatic carbocycles. The van der Waals surface area contributed by atoms with Gasteiger partial charge in [0.05, 0.1) is 0 Å². The summed E-state index contributed by atoms with van der Waals surface area (Å²) in [5.41, 5.74) is 0.600. The van der Waals surface area contributed by atoms with Crippen LogP contribution in [-0.2, 0) is 6.54 Å². The highest BCUT2D eigenvalue weighted by Gasteiger charge is 2.27. The maximum atomic E-state index is 9.60. The lowest BCUT2D eigenvalue weighted by Crippen LogP contribution is -2.27. The first-order valence-corrected chi connectivity index (χ1v) is 5.55. The molecule has 0 bridgehead atoms. The van der Waals surface area contributed by atoms with Crippen molar-refractivity contribution in [1.82, 2.24) is 5.32 Å². The molecule has 0 radical (unpaired) electrons. The molecule has 1 atom stereocenters. The standard InChI is InChI=1S/C12H17NO3/c1-7(8-2-3-8)13-6-9-4-5-10(14)12(16)11(9)15/h4-5,7-8,13-16H,2-3,6H2,1H3. The Hall–Kier alpha value is -1.42. The summed E-state index contributed by atoms with van der Waals surface area (Å²) >= 11 is 0. The van der Waals surface area contributed by atoms with E-state index in [0.717, 1.165) is 5.92 Å². The molecule has 4 nitrogen and oxygen atoms in total. The van der Waals surface area contributed by atoms with Gasteiger partial charge in [-0.3, -0.25) is 0 Å². The van der Waals surface area contributed by atoms with Gasteiger partial charge in [0.1, 0.15) is 0 Å². The first-order chi connectivity index (χ1) is 7.59. The van der Waals surface area contributed by atoms with Crippen LogP contribution in [0.3, 0.4) is 0 Å². The van der Waals surface area contributed by atoms with Gasteiger partial charge in [-0.05, 0) is 31.7 Å². The maximum Gasteiger partial charge on any atom is 0.200 e. The van der Waals surface area contributed by atoms with E-state index in [1.54, 1.807) is 6.07 Å². The molecule has 0 amide bonds. The minimum absolute atomic E-state index is 0.240. The zero-order valence-corrected chi connectivity index (χ0v) is 9.27. The second-order valence-corrected chi connectivity index (χ2v) is 4.45. The van der Waals surface area contributed by atoms with Crippen LogP contribution in [0.2, 0.25) is 0 Å². The predicted octanol–water partition coefficient (Wildman–Crippen LogP) is 1.69. The Morgan fingerprint density at radius 3 is 2.56 bits per heavy atom. The quantitative estimate of drug-likeness (QED) is 0.586. The average molecular weight is 223 g/mol. The lowest BCUT2D eigenvalue weighted by molar-refractivity contribution is 0.362. The average Bonchev–Trinajstić information content (AvgIpc) is 3.08. The summed E-state index contributed by atoms with van der Waals surface area (Å²) in [6.45, 7) is 2.62. The lowest BCUT2D eigenvalue weighted by Gasteiger charge is -2.14. The summed E-state index contributed by atoms with van der Waals surface area (Å²) in [6.07, 6.45) is 2.53. The third kappa shape index (κ3) is 2.22. The van der Waals surface area contributed by atoms with Crippen LogP contribution in [0.4, 0.5) is 0 Å². The van der Waals surface area contributed by atoms with Gasteiger partial charge < -0.3 is 20.6 Å². The van der Waals surface area contributed by atoms with Gasteiger partial charge in [0.15, 0.2) is 11.5 Å². The second kappa shape index (κ2) is 4.22. The van der Waals surface area contributed by atoms with Gasteiger partial charge in [-0.2, -0.15) is 0 Å². The van der Waals surface area contributed by atoms with Crippen molar-refractivity contribution in [2.75, 3.05) is 0 Å². The number of nitrogens with one attached hydrogen (secondary N) is 1. The zero-order valence-electron chi connectivity index (χ0n) is 9.27. The highest BCUT2D eigenvalue weighted by atomic mass is 16.3. The molecule has 0 saturated heterocycles. The second-order valence-electron chi connectivity index (χ2n) is 4.45. The summed E-state index contributed by atoms with van der Waals surface area (Å²) in [7, 11) is 0. The van der Waals surface area contributed by atoms with Gasteiger partial charge >= 0.3 is 0 Å². The SMILES string of the molecule is CC(NCc1ccc(O)c(O)c1O)C1CC1. The van der Waals surface area contributed by atoms with Crippen LogP contribution in [0.25, 0.3) is 0 Å². The van der Waals surface area contributed by atoms with Gasteiger partial charge in [-0.25, -0.2) is 0 Å². The summed E-state index contributed by atoms with van der Waals surface area (Å²) in [6, 6.07) is 3.42. The number of phenols is 3. The van der Waals surface area contributed by atoms with Crippen molar-refractivity contribution in [3.05, 3.63) is 17.7 Å². The number of benzene rings is 1. The molecule has 2 rings (SSSR count). The van der Waals surface area contributed by atoms with E-state index in [2.05, 4.69) is 12.2 Å². The number of aromatic hydroxyl groups is 3. The smallest absolute Gasteiger partial charge is 0.200 e. The van der Waals surface area contributed by atoms with E-state index >= 15 is 0 Å². The van der Waals surface area contributed by atoms with Crippen LogP contribution >= 0.6 is 0 Å². The molecular weight excluding hydrogens is 206 g/mol. The lowest BCUT2D eigenvalue weighted by atomic mass is 10.1. The largest absolute Gasteiger partial charge is 0.504 e. The van der Waals surface area contributed by atoms with Gasteiger partial charge in [0, 0.05) is 18.2 Å². The van der Waals surface area contributed by atoms with E-state index < -0.39 is 5.75 Å². The topological polar surface area (TPSA) is 72.7 Å². The highest BCUT2D eigenvalue weighted by Crippen LogP contribution is 2.37. The molecule has 1 aromatic rings. The molecular formula is C12H17NO3. The Bertz CT molecular complexity index is 388.